The predicted octanol–water partition coefficient (Wildman–Crippen LogP) is 7.54. The predicted molar refractivity (Wildman–Crippen MR) is 123 cm³/mol. The third-order valence-electron chi connectivity index (χ3n) is 5.31. The van der Waals surface area contributed by atoms with Crippen molar-refractivity contribution in [3.63, 3.8) is 0 Å². The highest BCUT2D eigenvalue weighted by Crippen LogP contribution is 2.34. The molecule has 4 aromatic carbocycles. The Bertz CT molecular complexity index is 1290. The van der Waals surface area contributed by atoms with Gasteiger partial charge in [0.25, 0.3) is 0 Å². The van der Waals surface area contributed by atoms with Crippen LogP contribution in [0.5, 0.6) is 0 Å². The molecule has 0 aliphatic carbocycles. The van der Waals surface area contributed by atoms with Crippen molar-refractivity contribution in [3.05, 3.63) is 115 Å². The topological polar surface area (TPSA) is 12.9 Å². The summed E-state index contributed by atoms with van der Waals surface area (Å²) in [6.45, 7) is 2.12. The zero-order valence-electron chi connectivity index (χ0n) is 16.3. The van der Waals surface area contributed by atoms with Crippen molar-refractivity contribution >= 4 is 10.9 Å². The van der Waals surface area contributed by atoms with Crippen molar-refractivity contribution in [1.82, 2.24) is 4.98 Å². The molecule has 5 aromatic rings. The second-order valence-electron chi connectivity index (χ2n) is 7.39. The summed E-state index contributed by atoms with van der Waals surface area (Å²) in [5, 5.41) is 1.17. The zero-order valence-corrected chi connectivity index (χ0v) is 16.3. The number of hydrogen-bond acceptors (Lipinski definition) is 1. The van der Waals surface area contributed by atoms with Crippen molar-refractivity contribution < 1.29 is 0 Å². The van der Waals surface area contributed by atoms with Gasteiger partial charge in [0, 0.05) is 10.9 Å². The van der Waals surface area contributed by atoms with Crippen molar-refractivity contribution in [2.24, 2.45) is 0 Å². The maximum Gasteiger partial charge on any atom is 0.0716 e. The van der Waals surface area contributed by atoms with Crippen molar-refractivity contribution in [3.8, 4) is 33.5 Å². The van der Waals surface area contributed by atoms with Gasteiger partial charge in [-0.05, 0) is 53.4 Å². The molecule has 1 aromatic heterocycles. The van der Waals surface area contributed by atoms with Crippen LogP contribution < -0.4 is 0 Å². The quantitative estimate of drug-likeness (QED) is 0.319. The maximum atomic E-state index is 5.01. The Morgan fingerprint density at radius 2 is 1.21 bits per heavy atom. The average Bonchev–Trinajstić information content (AvgIpc) is 2.79. The minimum Gasteiger partial charge on any atom is -0.248 e. The molecule has 0 amide bonds. The van der Waals surface area contributed by atoms with Gasteiger partial charge in [0.2, 0.25) is 0 Å². The van der Waals surface area contributed by atoms with Gasteiger partial charge in [0.1, 0.15) is 0 Å². The van der Waals surface area contributed by atoms with E-state index in [1.807, 2.05) is 0 Å². The zero-order chi connectivity index (χ0) is 19.6. The first kappa shape index (κ1) is 17.4. The lowest BCUT2D eigenvalue weighted by atomic mass is 9.95. The van der Waals surface area contributed by atoms with Gasteiger partial charge < -0.3 is 0 Å². The fourth-order valence-corrected chi connectivity index (χ4v) is 3.84. The Hall–Kier alpha value is -3.71. The number of rotatable bonds is 3. The lowest BCUT2D eigenvalue weighted by Crippen LogP contribution is -1.91. The maximum absolute atomic E-state index is 5.01. The molecular formula is C28H21N. The largest absolute Gasteiger partial charge is 0.248 e. The number of benzene rings is 4. The summed E-state index contributed by atoms with van der Waals surface area (Å²) < 4.78 is 0. The highest BCUT2D eigenvalue weighted by molar-refractivity contribution is 5.99. The van der Waals surface area contributed by atoms with Crippen molar-refractivity contribution in [2.45, 2.75) is 6.92 Å². The minimum atomic E-state index is 1.01. The molecule has 0 aliphatic rings. The highest BCUT2D eigenvalue weighted by Gasteiger charge is 2.11. The normalized spacial score (nSPS) is 10.9. The summed E-state index contributed by atoms with van der Waals surface area (Å²) in [4.78, 5) is 5.01. The van der Waals surface area contributed by atoms with Crippen LogP contribution in [0, 0.1) is 6.92 Å². The van der Waals surface area contributed by atoms with E-state index in [0.29, 0.717) is 0 Å². The van der Waals surface area contributed by atoms with Gasteiger partial charge in [-0.1, -0.05) is 90.5 Å². The third kappa shape index (κ3) is 3.43. The number of fused-ring (bicyclic) bond motifs is 1. The monoisotopic (exact) mass is 371 g/mol. The number of hydrogen-bond donors (Lipinski definition) is 0. The molecule has 0 unspecified atom stereocenters. The molecule has 1 nitrogen and oxygen atoms in total. The fraction of sp³-hybridized carbons (Fsp3) is 0.0357. The van der Waals surface area contributed by atoms with E-state index in [0.717, 1.165) is 16.8 Å². The summed E-state index contributed by atoms with van der Waals surface area (Å²) in [5.41, 5.74) is 9.26. The number of aryl methyl sites for hydroxylation is 1. The Labute approximate surface area is 171 Å². The molecular weight excluding hydrogens is 350 g/mol. The van der Waals surface area contributed by atoms with E-state index in [-0.39, 0.29) is 0 Å². The molecule has 0 fully saturated rings. The highest BCUT2D eigenvalue weighted by atomic mass is 14.7. The number of nitrogens with zero attached hydrogens (tertiary/aromatic N) is 1. The van der Waals surface area contributed by atoms with E-state index in [2.05, 4.69) is 116 Å². The molecule has 29 heavy (non-hydrogen) atoms. The van der Waals surface area contributed by atoms with Crippen LogP contribution in [-0.2, 0) is 0 Å². The van der Waals surface area contributed by atoms with E-state index < -0.39 is 0 Å². The van der Waals surface area contributed by atoms with Gasteiger partial charge >= 0.3 is 0 Å². The molecule has 1 heteroatoms. The molecule has 0 bridgehead atoms. The van der Waals surface area contributed by atoms with Crippen molar-refractivity contribution in [1.29, 1.82) is 0 Å². The molecule has 0 radical (unpaired) electrons. The van der Waals surface area contributed by atoms with Crippen LogP contribution in [-0.4, -0.2) is 4.98 Å². The Kier molecular flexibility index (Phi) is 4.42. The second-order valence-corrected chi connectivity index (χ2v) is 7.39. The van der Waals surface area contributed by atoms with Crippen LogP contribution in [0.2, 0.25) is 0 Å². The molecule has 0 spiro atoms. The van der Waals surface area contributed by atoms with Crippen molar-refractivity contribution in [2.75, 3.05) is 0 Å². The first-order valence-electron chi connectivity index (χ1n) is 9.91. The first-order chi connectivity index (χ1) is 14.3. The summed E-state index contributed by atoms with van der Waals surface area (Å²) >= 11 is 0. The van der Waals surface area contributed by atoms with Gasteiger partial charge in [-0.25, -0.2) is 4.98 Å². The fourth-order valence-electron chi connectivity index (χ4n) is 3.84. The molecule has 138 valence electrons. The average molecular weight is 371 g/mol. The van der Waals surface area contributed by atoms with E-state index >= 15 is 0 Å². The summed E-state index contributed by atoms with van der Waals surface area (Å²) in [6, 6.07) is 38.4. The van der Waals surface area contributed by atoms with Crippen LogP contribution in [0.25, 0.3) is 44.4 Å². The van der Waals surface area contributed by atoms with Gasteiger partial charge in [-0.2, -0.15) is 0 Å². The Morgan fingerprint density at radius 3 is 1.93 bits per heavy atom. The van der Waals surface area contributed by atoms with E-state index in [1.165, 1.54) is 33.2 Å². The Morgan fingerprint density at radius 1 is 0.517 bits per heavy atom. The van der Waals surface area contributed by atoms with E-state index in [1.54, 1.807) is 0 Å². The van der Waals surface area contributed by atoms with Gasteiger partial charge in [0.15, 0.2) is 0 Å². The first-order valence-corrected chi connectivity index (χ1v) is 9.91. The summed E-state index contributed by atoms with van der Waals surface area (Å²) in [6.07, 6.45) is 0. The molecule has 5 rings (SSSR count). The van der Waals surface area contributed by atoms with E-state index in [4.69, 9.17) is 4.98 Å². The number of pyridine rings is 1. The van der Waals surface area contributed by atoms with Gasteiger partial charge in [-0.3, -0.25) is 0 Å². The Balaban J connectivity index is 1.77. The third-order valence-corrected chi connectivity index (χ3v) is 5.31. The molecule has 0 aliphatic heterocycles. The van der Waals surface area contributed by atoms with Crippen LogP contribution in [0.3, 0.4) is 0 Å². The number of aromatic nitrogens is 1. The molecule has 0 saturated carbocycles. The smallest absolute Gasteiger partial charge is 0.0716 e. The standard InChI is InChI=1S/C28H21N/c1-20-9-8-14-24(17-20)28-19-25(22-12-6-3-7-13-22)26-18-23(15-16-27(26)29-28)21-10-4-2-5-11-21/h2-19H,1H3. The SMILES string of the molecule is Cc1cccc(-c2cc(-c3ccccc3)c3cc(-c4ccccc4)ccc3n2)c1. The lowest BCUT2D eigenvalue weighted by molar-refractivity contribution is 1.38. The van der Waals surface area contributed by atoms with E-state index in [9.17, 15) is 0 Å². The molecule has 0 atom stereocenters. The van der Waals surface area contributed by atoms with Crippen LogP contribution >= 0.6 is 0 Å². The van der Waals surface area contributed by atoms with Crippen LogP contribution in [0.1, 0.15) is 5.56 Å². The second kappa shape index (κ2) is 7.37. The van der Waals surface area contributed by atoms with Crippen LogP contribution in [0.4, 0.5) is 0 Å². The molecule has 0 N–H and O–H groups in total. The van der Waals surface area contributed by atoms with Gasteiger partial charge in [0.05, 0.1) is 11.2 Å². The summed E-state index contributed by atoms with van der Waals surface area (Å²) in [5.74, 6) is 0. The molecule has 1 heterocycles. The lowest BCUT2D eigenvalue weighted by Gasteiger charge is -2.12. The summed E-state index contributed by atoms with van der Waals surface area (Å²) in [7, 11) is 0. The molecule has 0 saturated heterocycles. The minimum absolute atomic E-state index is 1.01. The van der Waals surface area contributed by atoms with Gasteiger partial charge in [-0.15, -0.1) is 0 Å². The van der Waals surface area contributed by atoms with Crippen LogP contribution in [0.15, 0.2) is 109 Å².